The molecule has 5 heteroatoms. The van der Waals surface area contributed by atoms with E-state index in [4.69, 9.17) is 5.26 Å². The summed E-state index contributed by atoms with van der Waals surface area (Å²) in [5, 5.41) is 11.6. The third-order valence-electron chi connectivity index (χ3n) is 4.76. The molecule has 2 aliphatic rings. The van der Waals surface area contributed by atoms with Gasteiger partial charge in [-0.05, 0) is 49.9 Å². The van der Waals surface area contributed by atoms with E-state index in [2.05, 4.69) is 5.32 Å². The van der Waals surface area contributed by atoms with Gasteiger partial charge in [0, 0.05) is 18.8 Å². The van der Waals surface area contributed by atoms with Crippen molar-refractivity contribution in [2.45, 2.75) is 38.5 Å². The Morgan fingerprint density at radius 3 is 2.17 bits per heavy atom. The van der Waals surface area contributed by atoms with Crippen molar-refractivity contribution in [2.24, 2.45) is 5.41 Å². The first-order chi connectivity index (χ1) is 11.2. The molecule has 5 nitrogen and oxygen atoms in total. The van der Waals surface area contributed by atoms with Crippen molar-refractivity contribution < 1.29 is 9.59 Å². The second-order valence-corrected chi connectivity index (χ2v) is 6.43. The van der Waals surface area contributed by atoms with Crippen molar-refractivity contribution in [2.75, 3.05) is 18.4 Å². The molecule has 2 fully saturated rings. The lowest BCUT2D eigenvalue weighted by Crippen LogP contribution is -2.43. The first-order valence-corrected chi connectivity index (χ1v) is 8.27. The van der Waals surface area contributed by atoms with Crippen LogP contribution in [0, 0.1) is 16.7 Å². The Morgan fingerprint density at radius 1 is 1.04 bits per heavy atom. The molecule has 0 unspecified atom stereocenters. The Hall–Kier alpha value is -2.35. The minimum atomic E-state index is -0.863. The summed E-state index contributed by atoms with van der Waals surface area (Å²) >= 11 is 0. The van der Waals surface area contributed by atoms with Gasteiger partial charge in [-0.3, -0.25) is 9.59 Å². The van der Waals surface area contributed by atoms with Gasteiger partial charge >= 0.3 is 0 Å². The lowest BCUT2D eigenvalue weighted by Gasteiger charge is -2.25. The number of anilines is 1. The molecule has 1 heterocycles. The molecule has 23 heavy (non-hydrogen) atoms. The summed E-state index contributed by atoms with van der Waals surface area (Å²) in [4.78, 5) is 27.3. The molecule has 0 bridgehead atoms. The zero-order chi connectivity index (χ0) is 16.3. The second-order valence-electron chi connectivity index (χ2n) is 6.43. The first kappa shape index (κ1) is 15.5. The van der Waals surface area contributed by atoms with Crippen LogP contribution in [0.5, 0.6) is 0 Å². The van der Waals surface area contributed by atoms with Crippen molar-refractivity contribution in [1.82, 2.24) is 4.90 Å². The number of carbonyl (C=O) groups is 2. The maximum Gasteiger partial charge on any atom is 0.240 e. The van der Waals surface area contributed by atoms with Gasteiger partial charge in [0.1, 0.15) is 5.41 Å². The smallest absolute Gasteiger partial charge is 0.240 e. The molecule has 0 atom stereocenters. The molecule has 1 saturated carbocycles. The highest BCUT2D eigenvalue weighted by molar-refractivity contribution is 6.13. The van der Waals surface area contributed by atoms with Gasteiger partial charge in [-0.25, -0.2) is 0 Å². The van der Waals surface area contributed by atoms with E-state index in [1.165, 1.54) is 0 Å². The van der Waals surface area contributed by atoms with E-state index in [0.717, 1.165) is 38.8 Å². The summed E-state index contributed by atoms with van der Waals surface area (Å²) in [6, 6.07) is 8.76. The van der Waals surface area contributed by atoms with Crippen LogP contribution < -0.4 is 5.32 Å². The molecule has 0 spiro atoms. The number of hydrogen-bond acceptors (Lipinski definition) is 3. The third kappa shape index (κ3) is 3.21. The molecule has 1 saturated heterocycles. The van der Waals surface area contributed by atoms with E-state index in [-0.39, 0.29) is 11.8 Å². The van der Waals surface area contributed by atoms with E-state index < -0.39 is 5.41 Å². The quantitative estimate of drug-likeness (QED) is 0.872. The minimum Gasteiger partial charge on any atom is -0.342 e. The normalized spacial score (nSPS) is 19.3. The fourth-order valence-corrected chi connectivity index (χ4v) is 3.12. The molecule has 1 aromatic rings. The highest BCUT2D eigenvalue weighted by atomic mass is 16.2. The highest BCUT2D eigenvalue weighted by Crippen LogP contribution is 2.48. The molecule has 120 valence electrons. The average Bonchev–Trinajstić information content (AvgIpc) is 3.40. The van der Waals surface area contributed by atoms with E-state index in [1.54, 1.807) is 24.3 Å². The number of nitrogens with one attached hydrogen (secondary N) is 1. The summed E-state index contributed by atoms with van der Waals surface area (Å²) in [6.07, 6.45) is 5.63. The Morgan fingerprint density at radius 2 is 1.65 bits per heavy atom. The van der Waals surface area contributed by atoms with Crippen LogP contribution in [0.2, 0.25) is 0 Å². The second kappa shape index (κ2) is 6.41. The standard InChI is InChI=1S/C18H21N3O2/c19-13-14-5-7-15(8-6-14)20-16(22)18(9-10-18)17(23)21-11-3-1-2-4-12-21/h5-8H,1-4,9-12H2,(H,20,22). The Balaban J connectivity index is 1.67. The van der Waals surface area contributed by atoms with Gasteiger partial charge in [-0.1, -0.05) is 12.8 Å². The number of nitrogens with zero attached hydrogens (tertiary/aromatic N) is 2. The molecular weight excluding hydrogens is 290 g/mol. The molecule has 1 aromatic carbocycles. The molecule has 1 aliphatic heterocycles. The molecule has 1 N–H and O–H groups in total. The summed E-state index contributed by atoms with van der Waals surface area (Å²) < 4.78 is 0. The highest BCUT2D eigenvalue weighted by Gasteiger charge is 2.57. The molecule has 0 radical (unpaired) electrons. The van der Waals surface area contributed by atoms with E-state index in [0.29, 0.717) is 24.1 Å². The predicted molar refractivity (Wildman–Crippen MR) is 86.5 cm³/mol. The maximum absolute atomic E-state index is 12.8. The van der Waals surface area contributed by atoms with Crippen molar-refractivity contribution in [3.8, 4) is 6.07 Å². The Kier molecular flexibility index (Phi) is 4.33. The number of benzene rings is 1. The van der Waals surface area contributed by atoms with Gasteiger partial charge in [0.25, 0.3) is 0 Å². The number of rotatable bonds is 3. The van der Waals surface area contributed by atoms with E-state index in [9.17, 15) is 9.59 Å². The van der Waals surface area contributed by atoms with Crippen LogP contribution in [0.15, 0.2) is 24.3 Å². The molecule has 1 aliphatic carbocycles. The topological polar surface area (TPSA) is 73.2 Å². The number of hydrogen-bond donors (Lipinski definition) is 1. The monoisotopic (exact) mass is 311 g/mol. The van der Waals surface area contributed by atoms with Crippen LogP contribution >= 0.6 is 0 Å². The van der Waals surface area contributed by atoms with Crippen LogP contribution in [0.25, 0.3) is 0 Å². The van der Waals surface area contributed by atoms with Crippen LogP contribution in [0.1, 0.15) is 44.1 Å². The van der Waals surface area contributed by atoms with Gasteiger partial charge in [-0.15, -0.1) is 0 Å². The van der Waals surface area contributed by atoms with Crippen molar-refractivity contribution >= 4 is 17.5 Å². The lowest BCUT2D eigenvalue weighted by molar-refractivity contribution is -0.142. The average molecular weight is 311 g/mol. The number of carbonyl (C=O) groups excluding carboxylic acids is 2. The fourth-order valence-electron chi connectivity index (χ4n) is 3.12. The summed E-state index contributed by atoms with van der Waals surface area (Å²) in [7, 11) is 0. The minimum absolute atomic E-state index is 0.00875. The van der Waals surface area contributed by atoms with Crippen LogP contribution in [-0.2, 0) is 9.59 Å². The molecule has 2 amide bonds. The number of likely N-dealkylation sites (tertiary alicyclic amines) is 1. The van der Waals surface area contributed by atoms with Gasteiger partial charge in [0.2, 0.25) is 11.8 Å². The van der Waals surface area contributed by atoms with Crippen molar-refractivity contribution in [3.63, 3.8) is 0 Å². The fraction of sp³-hybridized carbons (Fsp3) is 0.500. The summed E-state index contributed by atoms with van der Waals surface area (Å²) in [5.74, 6) is -0.220. The van der Waals surface area contributed by atoms with Crippen molar-refractivity contribution in [1.29, 1.82) is 5.26 Å². The lowest BCUT2D eigenvalue weighted by atomic mass is 10.0. The maximum atomic E-state index is 12.8. The number of nitriles is 1. The van der Waals surface area contributed by atoms with Crippen molar-refractivity contribution in [3.05, 3.63) is 29.8 Å². The van der Waals surface area contributed by atoms with Crippen LogP contribution in [0.3, 0.4) is 0 Å². The first-order valence-electron chi connectivity index (χ1n) is 8.27. The van der Waals surface area contributed by atoms with Gasteiger partial charge in [0.05, 0.1) is 11.6 Å². The molecular formula is C18H21N3O2. The Bertz CT molecular complexity index is 633. The zero-order valence-corrected chi connectivity index (χ0v) is 13.2. The SMILES string of the molecule is N#Cc1ccc(NC(=O)C2(C(=O)N3CCCCCC3)CC2)cc1. The molecule has 3 rings (SSSR count). The third-order valence-corrected chi connectivity index (χ3v) is 4.76. The Labute approximate surface area is 136 Å². The van der Waals surface area contributed by atoms with Crippen LogP contribution in [-0.4, -0.2) is 29.8 Å². The van der Waals surface area contributed by atoms with E-state index >= 15 is 0 Å². The van der Waals surface area contributed by atoms with Gasteiger partial charge in [0.15, 0.2) is 0 Å². The largest absolute Gasteiger partial charge is 0.342 e. The van der Waals surface area contributed by atoms with E-state index in [1.807, 2.05) is 11.0 Å². The predicted octanol–water partition coefficient (Wildman–Crippen LogP) is 2.68. The van der Waals surface area contributed by atoms with Crippen LogP contribution in [0.4, 0.5) is 5.69 Å². The van der Waals surface area contributed by atoms with Gasteiger partial charge < -0.3 is 10.2 Å². The summed E-state index contributed by atoms with van der Waals surface area (Å²) in [6.45, 7) is 1.54. The summed E-state index contributed by atoms with van der Waals surface area (Å²) in [5.41, 5.74) is 0.312. The number of amides is 2. The van der Waals surface area contributed by atoms with Gasteiger partial charge in [-0.2, -0.15) is 5.26 Å². The molecule has 0 aromatic heterocycles. The zero-order valence-electron chi connectivity index (χ0n) is 13.2.